The van der Waals surface area contributed by atoms with Gasteiger partial charge in [0.2, 0.25) is 11.3 Å². The van der Waals surface area contributed by atoms with Crippen LogP contribution in [-0.2, 0) is 4.79 Å². The molecule has 4 nitrogen and oxygen atoms in total. The van der Waals surface area contributed by atoms with E-state index in [4.69, 9.17) is 11.6 Å². The first-order valence-electron chi connectivity index (χ1n) is 6.53. The maximum atomic E-state index is 11.4. The van der Waals surface area contributed by atoms with Crippen LogP contribution in [0, 0.1) is 23.0 Å². The fourth-order valence-electron chi connectivity index (χ4n) is 2.53. The molecular weight excluding hydrogens is 298 g/mol. The molecule has 0 aliphatic heterocycles. The van der Waals surface area contributed by atoms with Gasteiger partial charge in [0.25, 0.3) is 0 Å². The third kappa shape index (κ3) is 3.73. The summed E-state index contributed by atoms with van der Waals surface area (Å²) in [6.07, 6.45) is 1.64. The second kappa shape index (κ2) is 6.59. The number of aryl methyl sites for hydroxylation is 1. The van der Waals surface area contributed by atoms with Gasteiger partial charge in [-0.15, -0.1) is 11.8 Å². The molecule has 1 aliphatic carbocycles. The number of hydrogen-bond donors (Lipinski definition) is 0. The van der Waals surface area contributed by atoms with Crippen LogP contribution in [0.5, 0.6) is 0 Å². The molecule has 0 aromatic heterocycles. The number of rotatable bonds is 4. The molecule has 0 unspecified atom stereocenters. The smallest absolute Gasteiger partial charge is 0.231 e. The molecule has 0 spiro atoms. The van der Waals surface area contributed by atoms with Crippen molar-refractivity contribution in [3.63, 3.8) is 0 Å². The molecule has 1 fully saturated rings. The molecule has 2 rings (SSSR count). The van der Waals surface area contributed by atoms with Crippen molar-refractivity contribution < 1.29 is 9.72 Å². The highest BCUT2D eigenvalue weighted by molar-refractivity contribution is 8.00. The van der Waals surface area contributed by atoms with E-state index < -0.39 is 17.2 Å². The van der Waals surface area contributed by atoms with E-state index in [2.05, 4.69) is 0 Å². The molecule has 1 aromatic carbocycles. The monoisotopic (exact) mass is 313 g/mol. The molecule has 1 aromatic rings. The molecule has 1 aliphatic rings. The first kappa shape index (κ1) is 15.3. The second-order valence-electron chi connectivity index (χ2n) is 5.13. The third-order valence-corrected chi connectivity index (χ3v) is 5.24. The molecule has 0 saturated heterocycles. The molecule has 0 amide bonds. The van der Waals surface area contributed by atoms with Crippen molar-refractivity contribution in [3.8, 4) is 0 Å². The maximum absolute atomic E-state index is 11.4. The van der Waals surface area contributed by atoms with Gasteiger partial charge in [-0.05, 0) is 43.5 Å². The van der Waals surface area contributed by atoms with Gasteiger partial charge in [0.15, 0.2) is 0 Å². The normalized spacial score (nSPS) is 26.2. The van der Waals surface area contributed by atoms with Crippen LogP contribution in [-0.4, -0.2) is 21.5 Å². The van der Waals surface area contributed by atoms with Gasteiger partial charge in [0, 0.05) is 21.5 Å². The minimum absolute atomic E-state index is 0.210. The van der Waals surface area contributed by atoms with Crippen molar-refractivity contribution in [1.82, 2.24) is 0 Å². The summed E-state index contributed by atoms with van der Waals surface area (Å²) in [5.74, 6) is -0.664. The highest BCUT2D eigenvalue weighted by Crippen LogP contribution is 2.38. The van der Waals surface area contributed by atoms with Crippen molar-refractivity contribution in [2.75, 3.05) is 0 Å². The molecule has 0 bridgehead atoms. The van der Waals surface area contributed by atoms with Gasteiger partial charge >= 0.3 is 0 Å². The van der Waals surface area contributed by atoms with E-state index in [0.717, 1.165) is 11.3 Å². The lowest BCUT2D eigenvalue weighted by atomic mass is 9.85. The topological polar surface area (TPSA) is 60.2 Å². The highest BCUT2D eigenvalue weighted by atomic mass is 35.5. The van der Waals surface area contributed by atoms with Crippen LogP contribution in [0.4, 0.5) is 0 Å². The van der Waals surface area contributed by atoms with Crippen molar-refractivity contribution in [1.29, 1.82) is 0 Å². The summed E-state index contributed by atoms with van der Waals surface area (Å²) in [5, 5.41) is 10.6. The Balaban J connectivity index is 2.03. The average Bonchev–Trinajstić information content (AvgIpc) is 2.41. The number of nitrogens with zero attached hydrogens (tertiary/aromatic N) is 1. The van der Waals surface area contributed by atoms with Gasteiger partial charge in [0.05, 0.1) is 0 Å². The number of hydrogen-bond acceptors (Lipinski definition) is 4. The van der Waals surface area contributed by atoms with E-state index in [1.165, 1.54) is 5.56 Å². The van der Waals surface area contributed by atoms with Gasteiger partial charge in [-0.25, -0.2) is 0 Å². The first-order valence-corrected chi connectivity index (χ1v) is 7.79. The molecule has 0 radical (unpaired) electrons. The fraction of sp³-hybridized carbons (Fsp3) is 0.500. The van der Waals surface area contributed by atoms with Gasteiger partial charge in [0.1, 0.15) is 5.92 Å². The molecule has 1 saturated carbocycles. The Morgan fingerprint density at radius 2 is 2.00 bits per heavy atom. The molecular formula is C14H16ClNO3S. The maximum Gasteiger partial charge on any atom is 0.231 e. The summed E-state index contributed by atoms with van der Waals surface area (Å²) < 4.78 is 0. The molecule has 3 atom stereocenters. The number of carbonyl (C=O) groups is 1. The fourth-order valence-corrected chi connectivity index (χ4v) is 4.00. The lowest BCUT2D eigenvalue weighted by molar-refractivity contribution is -0.532. The van der Waals surface area contributed by atoms with Crippen molar-refractivity contribution in [3.05, 3.63) is 39.9 Å². The minimum Gasteiger partial charge on any atom is -0.281 e. The predicted molar refractivity (Wildman–Crippen MR) is 79.8 cm³/mol. The number of nitro groups is 1. The Bertz CT molecular complexity index is 506. The van der Waals surface area contributed by atoms with Crippen LogP contribution in [0.3, 0.4) is 0 Å². The Morgan fingerprint density at radius 1 is 1.35 bits per heavy atom. The molecule has 108 valence electrons. The second-order valence-corrected chi connectivity index (χ2v) is 6.88. The highest BCUT2D eigenvalue weighted by Gasteiger charge is 2.41. The van der Waals surface area contributed by atoms with Crippen LogP contribution in [0.25, 0.3) is 0 Å². The predicted octanol–water partition coefficient (Wildman–Crippen LogP) is 3.67. The van der Waals surface area contributed by atoms with Crippen LogP contribution in [0.1, 0.15) is 24.8 Å². The Kier molecular flexibility index (Phi) is 5.05. The lowest BCUT2D eigenvalue weighted by Crippen LogP contribution is -2.39. The molecule has 6 heteroatoms. The number of thioether (sulfide) groups is 1. The zero-order valence-electron chi connectivity index (χ0n) is 11.1. The number of carbonyl (C=O) groups excluding carboxylic acids is 1. The van der Waals surface area contributed by atoms with E-state index in [0.29, 0.717) is 12.8 Å². The summed E-state index contributed by atoms with van der Waals surface area (Å²) in [4.78, 5) is 23.1. The minimum atomic E-state index is -0.824. The Morgan fingerprint density at radius 3 is 2.55 bits per heavy atom. The van der Waals surface area contributed by atoms with E-state index in [-0.39, 0.29) is 10.2 Å². The van der Waals surface area contributed by atoms with Crippen molar-refractivity contribution in [2.24, 2.45) is 5.92 Å². The van der Waals surface area contributed by atoms with Crippen molar-refractivity contribution >= 4 is 28.6 Å². The quantitative estimate of drug-likeness (QED) is 0.483. The standard InChI is InChI=1S/C14H16ClNO3S/c1-9-2-4-10(5-3-9)20-11-6-7-13(16(18)19)12(8-11)14(15)17/h2-5,11-13H,6-8H2,1H3/t11-,12+,13+/m1/s1. The SMILES string of the molecule is Cc1ccc(S[C@@H]2CC[C@H]([N+](=O)[O-])[C@@H](C(=O)Cl)C2)cc1. The number of benzene rings is 1. The summed E-state index contributed by atoms with van der Waals surface area (Å²) in [6.45, 7) is 2.03. The lowest BCUT2D eigenvalue weighted by Gasteiger charge is -2.28. The largest absolute Gasteiger partial charge is 0.281 e. The molecule has 20 heavy (non-hydrogen) atoms. The first-order chi connectivity index (χ1) is 9.47. The third-order valence-electron chi connectivity index (χ3n) is 3.65. The summed E-state index contributed by atoms with van der Waals surface area (Å²) >= 11 is 7.21. The van der Waals surface area contributed by atoms with Crippen LogP contribution < -0.4 is 0 Å². The van der Waals surface area contributed by atoms with Gasteiger partial charge < -0.3 is 0 Å². The van der Waals surface area contributed by atoms with E-state index in [9.17, 15) is 14.9 Å². The Labute approximate surface area is 127 Å². The average molecular weight is 314 g/mol. The van der Waals surface area contributed by atoms with Gasteiger partial charge in [-0.3, -0.25) is 14.9 Å². The zero-order chi connectivity index (χ0) is 14.7. The molecule has 0 heterocycles. The summed E-state index contributed by atoms with van der Waals surface area (Å²) in [7, 11) is 0. The van der Waals surface area contributed by atoms with Gasteiger partial charge in [-0.1, -0.05) is 17.7 Å². The van der Waals surface area contributed by atoms with Gasteiger partial charge in [-0.2, -0.15) is 0 Å². The molecule has 0 N–H and O–H groups in total. The summed E-state index contributed by atoms with van der Waals surface area (Å²) in [5.41, 5.74) is 1.19. The zero-order valence-corrected chi connectivity index (χ0v) is 12.7. The van der Waals surface area contributed by atoms with Crippen LogP contribution in [0.15, 0.2) is 29.2 Å². The van der Waals surface area contributed by atoms with E-state index >= 15 is 0 Å². The van der Waals surface area contributed by atoms with E-state index in [1.54, 1.807) is 11.8 Å². The van der Waals surface area contributed by atoms with Crippen LogP contribution >= 0.6 is 23.4 Å². The van der Waals surface area contributed by atoms with E-state index in [1.807, 2.05) is 31.2 Å². The van der Waals surface area contributed by atoms with Crippen LogP contribution in [0.2, 0.25) is 0 Å². The number of halogens is 1. The Hall–Kier alpha value is -1.07. The van der Waals surface area contributed by atoms with Crippen molar-refractivity contribution in [2.45, 2.75) is 42.4 Å². The summed E-state index contributed by atoms with van der Waals surface area (Å²) in [6, 6.07) is 7.33.